The smallest absolute Gasteiger partial charge is 0.0876 e. The predicted molar refractivity (Wildman–Crippen MR) is 88.3 cm³/mol. The van der Waals surface area contributed by atoms with Crippen LogP contribution in [0.25, 0.3) is 10.8 Å². The highest BCUT2D eigenvalue weighted by Crippen LogP contribution is 2.32. The molecule has 0 aromatic heterocycles. The van der Waals surface area contributed by atoms with Crippen LogP contribution >= 0.6 is 0 Å². The average Bonchev–Trinajstić information content (AvgIpc) is 2.56. The quantitative estimate of drug-likeness (QED) is 0.866. The number of nitrogens with one attached hydrogen (secondary N) is 1. The maximum atomic E-state index is 5.57. The van der Waals surface area contributed by atoms with Gasteiger partial charge < -0.3 is 10.1 Å². The van der Waals surface area contributed by atoms with Crippen LogP contribution in [-0.2, 0) is 4.74 Å². The highest BCUT2D eigenvalue weighted by Gasteiger charge is 2.20. The Morgan fingerprint density at radius 1 is 1.14 bits per heavy atom. The fourth-order valence-electron chi connectivity index (χ4n) is 3.03. The molecule has 0 radical (unpaired) electrons. The molecule has 0 amide bonds. The molecule has 1 aliphatic rings. The molecular formula is C19H23NO. The molecule has 0 fully saturated rings. The second kappa shape index (κ2) is 6.77. The van der Waals surface area contributed by atoms with Gasteiger partial charge in [-0.15, -0.1) is 0 Å². The molecule has 0 aliphatic carbocycles. The molecule has 3 rings (SSSR count). The van der Waals surface area contributed by atoms with E-state index in [0.717, 1.165) is 32.4 Å². The van der Waals surface area contributed by atoms with E-state index in [4.69, 9.17) is 4.74 Å². The van der Waals surface area contributed by atoms with Gasteiger partial charge in [0.2, 0.25) is 0 Å². The molecule has 0 saturated heterocycles. The van der Waals surface area contributed by atoms with Crippen molar-refractivity contribution in [1.82, 2.24) is 5.32 Å². The Morgan fingerprint density at radius 3 is 2.81 bits per heavy atom. The lowest BCUT2D eigenvalue weighted by molar-refractivity contribution is 0.219. The van der Waals surface area contributed by atoms with E-state index >= 15 is 0 Å². The van der Waals surface area contributed by atoms with E-state index in [1.807, 2.05) is 6.26 Å². The van der Waals surface area contributed by atoms with Gasteiger partial charge in [0.15, 0.2) is 0 Å². The van der Waals surface area contributed by atoms with Crippen LogP contribution in [0.5, 0.6) is 0 Å². The van der Waals surface area contributed by atoms with Gasteiger partial charge in [-0.3, -0.25) is 0 Å². The van der Waals surface area contributed by atoms with Gasteiger partial charge in [0.05, 0.1) is 18.9 Å². The molecule has 2 aromatic rings. The Hall–Kier alpha value is -1.80. The lowest BCUT2D eigenvalue weighted by Gasteiger charge is -2.26. The molecule has 0 bridgehead atoms. The maximum absolute atomic E-state index is 5.57. The van der Waals surface area contributed by atoms with Crippen LogP contribution in [0.2, 0.25) is 0 Å². The van der Waals surface area contributed by atoms with Gasteiger partial charge >= 0.3 is 0 Å². The fraction of sp³-hybridized carbons (Fsp3) is 0.368. The van der Waals surface area contributed by atoms with Crippen LogP contribution < -0.4 is 5.32 Å². The zero-order valence-corrected chi connectivity index (χ0v) is 12.6. The molecule has 1 N–H and O–H groups in total. The second-order valence-electron chi connectivity index (χ2n) is 5.62. The van der Waals surface area contributed by atoms with Gasteiger partial charge in [-0.1, -0.05) is 49.4 Å². The van der Waals surface area contributed by atoms with E-state index < -0.39 is 0 Å². The predicted octanol–water partition coefficient (Wildman–Crippen LogP) is 4.57. The summed E-state index contributed by atoms with van der Waals surface area (Å²) in [5.74, 6) is 0. The molecule has 0 saturated carbocycles. The van der Waals surface area contributed by atoms with Crippen LogP contribution in [0.3, 0.4) is 0 Å². The zero-order chi connectivity index (χ0) is 14.5. The van der Waals surface area contributed by atoms with Crippen molar-refractivity contribution in [1.29, 1.82) is 0 Å². The van der Waals surface area contributed by atoms with Crippen molar-refractivity contribution in [2.75, 3.05) is 13.2 Å². The van der Waals surface area contributed by atoms with E-state index in [2.05, 4.69) is 54.7 Å². The number of ether oxygens (including phenoxy) is 1. The third-order valence-electron chi connectivity index (χ3n) is 4.07. The molecule has 2 nitrogen and oxygen atoms in total. The van der Waals surface area contributed by atoms with E-state index in [1.165, 1.54) is 21.9 Å². The first-order valence-corrected chi connectivity index (χ1v) is 7.91. The average molecular weight is 281 g/mol. The van der Waals surface area contributed by atoms with Gasteiger partial charge in [0, 0.05) is 0 Å². The van der Waals surface area contributed by atoms with E-state index in [1.54, 1.807) is 0 Å². The van der Waals surface area contributed by atoms with Crippen molar-refractivity contribution in [3.63, 3.8) is 0 Å². The number of fused-ring (bicyclic) bond motifs is 1. The minimum Gasteiger partial charge on any atom is -0.501 e. The summed E-state index contributed by atoms with van der Waals surface area (Å²) in [6, 6.07) is 15.5. The molecule has 1 aliphatic heterocycles. The number of hydrogen-bond donors (Lipinski definition) is 1. The van der Waals surface area contributed by atoms with Crippen molar-refractivity contribution in [3.05, 3.63) is 59.9 Å². The SMILES string of the molecule is CCCNC(C1=COCCC1)c1cccc2ccccc12. The Morgan fingerprint density at radius 2 is 2.00 bits per heavy atom. The topological polar surface area (TPSA) is 21.3 Å². The molecule has 0 spiro atoms. The van der Waals surface area contributed by atoms with Crippen molar-refractivity contribution in [3.8, 4) is 0 Å². The van der Waals surface area contributed by atoms with Crippen molar-refractivity contribution in [2.24, 2.45) is 0 Å². The van der Waals surface area contributed by atoms with Gasteiger partial charge in [0.1, 0.15) is 0 Å². The number of rotatable bonds is 5. The third-order valence-corrected chi connectivity index (χ3v) is 4.07. The molecule has 1 unspecified atom stereocenters. The maximum Gasteiger partial charge on any atom is 0.0876 e. The Labute approximate surface area is 126 Å². The Bertz CT molecular complexity index is 627. The standard InChI is InChI=1S/C19H23NO/c1-2-12-20-19(16-9-6-13-21-14-16)18-11-5-8-15-7-3-4-10-17(15)18/h3-5,7-8,10-11,14,19-20H,2,6,9,12-13H2,1H3. The summed E-state index contributed by atoms with van der Waals surface area (Å²) < 4.78 is 5.57. The van der Waals surface area contributed by atoms with Crippen LogP contribution in [0.1, 0.15) is 37.8 Å². The van der Waals surface area contributed by atoms with Gasteiger partial charge in [-0.25, -0.2) is 0 Å². The Balaban J connectivity index is 2.03. The van der Waals surface area contributed by atoms with Crippen LogP contribution in [0, 0.1) is 0 Å². The molecule has 110 valence electrons. The monoisotopic (exact) mass is 281 g/mol. The van der Waals surface area contributed by atoms with Gasteiger partial charge in [-0.05, 0) is 47.7 Å². The van der Waals surface area contributed by atoms with E-state index in [0.29, 0.717) is 0 Å². The molecule has 2 aromatic carbocycles. The van der Waals surface area contributed by atoms with Crippen LogP contribution in [0.15, 0.2) is 54.3 Å². The van der Waals surface area contributed by atoms with Crippen molar-refractivity contribution < 1.29 is 4.74 Å². The van der Waals surface area contributed by atoms with Gasteiger partial charge in [-0.2, -0.15) is 0 Å². The number of benzene rings is 2. The summed E-state index contributed by atoms with van der Waals surface area (Å²) in [5.41, 5.74) is 2.73. The molecule has 2 heteroatoms. The molecule has 21 heavy (non-hydrogen) atoms. The fourth-order valence-corrected chi connectivity index (χ4v) is 3.03. The van der Waals surface area contributed by atoms with Crippen LogP contribution in [0.4, 0.5) is 0 Å². The first-order chi connectivity index (χ1) is 10.4. The first kappa shape index (κ1) is 14.2. The largest absolute Gasteiger partial charge is 0.501 e. The summed E-state index contributed by atoms with van der Waals surface area (Å²) >= 11 is 0. The lowest BCUT2D eigenvalue weighted by atomic mass is 9.91. The van der Waals surface area contributed by atoms with Crippen molar-refractivity contribution >= 4 is 10.8 Å². The summed E-state index contributed by atoms with van der Waals surface area (Å²) in [6.45, 7) is 4.07. The molecular weight excluding hydrogens is 258 g/mol. The summed E-state index contributed by atoms with van der Waals surface area (Å²) in [4.78, 5) is 0. The minimum absolute atomic E-state index is 0.261. The van der Waals surface area contributed by atoms with Crippen LogP contribution in [-0.4, -0.2) is 13.2 Å². The highest BCUT2D eigenvalue weighted by atomic mass is 16.5. The minimum atomic E-state index is 0.261. The summed E-state index contributed by atoms with van der Waals surface area (Å²) in [5, 5.41) is 6.33. The molecule has 1 heterocycles. The van der Waals surface area contributed by atoms with Gasteiger partial charge in [0.25, 0.3) is 0 Å². The van der Waals surface area contributed by atoms with E-state index in [-0.39, 0.29) is 6.04 Å². The summed E-state index contributed by atoms with van der Waals surface area (Å²) in [7, 11) is 0. The zero-order valence-electron chi connectivity index (χ0n) is 12.6. The van der Waals surface area contributed by atoms with Crippen molar-refractivity contribution in [2.45, 2.75) is 32.2 Å². The normalized spacial score (nSPS) is 16.3. The number of hydrogen-bond acceptors (Lipinski definition) is 2. The first-order valence-electron chi connectivity index (χ1n) is 7.91. The highest BCUT2D eigenvalue weighted by molar-refractivity contribution is 5.86. The van der Waals surface area contributed by atoms with E-state index in [9.17, 15) is 0 Å². The summed E-state index contributed by atoms with van der Waals surface area (Å²) in [6.07, 6.45) is 5.33. The lowest BCUT2D eigenvalue weighted by Crippen LogP contribution is -2.25. The second-order valence-corrected chi connectivity index (χ2v) is 5.62. The molecule has 1 atom stereocenters. The Kier molecular flexibility index (Phi) is 4.56. The third kappa shape index (κ3) is 3.11.